The number of hydrogen-bond acceptors (Lipinski definition) is 4. The molecule has 1 aromatic heterocycles. The van der Waals surface area contributed by atoms with E-state index in [0.29, 0.717) is 11.7 Å². The van der Waals surface area contributed by atoms with Crippen molar-refractivity contribution < 1.29 is 13.9 Å². The van der Waals surface area contributed by atoms with E-state index in [-0.39, 0.29) is 18.5 Å². The number of carbonyl (C=O) groups excluding carboxylic acids is 1. The average Bonchev–Trinajstić information content (AvgIpc) is 3.16. The molecule has 1 atom stereocenters. The zero-order chi connectivity index (χ0) is 19.8. The van der Waals surface area contributed by atoms with Crippen LogP contribution >= 0.6 is 0 Å². The van der Waals surface area contributed by atoms with Crippen molar-refractivity contribution in [3.8, 4) is 0 Å². The Morgan fingerprint density at radius 3 is 2.54 bits per heavy atom. The Hall–Kier alpha value is -2.07. The predicted octanol–water partition coefficient (Wildman–Crippen LogP) is 5.53. The summed E-state index contributed by atoms with van der Waals surface area (Å²) in [5, 5.41) is 0. The third kappa shape index (κ3) is 5.71. The van der Waals surface area contributed by atoms with Crippen molar-refractivity contribution in [2.45, 2.75) is 64.5 Å². The van der Waals surface area contributed by atoms with Gasteiger partial charge in [0.25, 0.3) is 0 Å². The molecule has 0 spiro atoms. The van der Waals surface area contributed by atoms with Crippen LogP contribution in [-0.4, -0.2) is 24.5 Å². The molecule has 3 rings (SSSR count). The number of carbonyl (C=O) groups is 1. The highest BCUT2D eigenvalue weighted by Gasteiger charge is 2.32. The van der Waals surface area contributed by atoms with Crippen LogP contribution in [0.5, 0.6) is 0 Å². The lowest BCUT2D eigenvalue weighted by molar-refractivity contribution is -0.149. The van der Waals surface area contributed by atoms with Crippen LogP contribution < -0.4 is 0 Å². The maximum Gasteiger partial charge on any atom is 0.314 e. The van der Waals surface area contributed by atoms with Gasteiger partial charge in [-0.05, 0) is 56.5 Å². The zero-order valence-electron chi connectivity index (χ0n) is 17.2. The van der Waals surface area contributed by atoms with E-state index >= 15 is 0 Å². The second-order valence-corrected chi connectivity index (χ2v) is 8.00. The van der Waals surface area contributed by atoms with Crippen molar-refractivity contribution in [1.29, 1.82) is 0 Å². The molecule has 0 N–H and O–H groups in total. The minimum absolute atomic E-state index is 0.126. The topological polar surface area (TPSA) is 42.7 Å². The lowest BCUT2D eigenvalue weighted by Crippen LogP contribution is -2.25. The molecule has 0 radical (unpaired) electrons. The summed E-state index contributed by atoms with van der Waals surface area (Å²) >= 11 is 0. The Kier molecular flexibility index (Phi) is 7.72. The maximum atomic E-state index is 13.0. The van der Waals surface area contributed by atoms with Gasteiger partial charge < -0.3 is 9.15 Å². The lowest BCUT2D eigenvalue weighted by atomic mass is 9.77. The molecule has 1 heterocycles. The molecule has 1 aliphatic carbocycles. The average molecular weight is 384 g/mol. The van der Waals surface area contributed by atoms with E-state index in [0.717, 1.165) is 43.7 Å². The Morgan fingerprint density at radius 1 is 1.11 bits per heavy atom. The molecule has 0 aliphatic heterocycles. The first-order valence-corrected chi connectivity index (χ1v) is 10.6. The molecule has 0 amide bonds. The molecule has 2 aromatic rings. The molecule has 1 aromatic carbocycles. The first kappa shape index (κ1) is 20.7. The van der Waals surface area contributed by atoms with Crippen molar-refractivity contribution in [2.24, 2.45) is 5.92 Å². The molecule has 28 heavy (non-hydrogen) atoms. The number of benzene rings is 1. The van der Waals surface area contributed by atoms with Crippen LogP contribution in [0.1, 0.15) is 68.5 Å². The molecule has 152 valence electrons. The van der Waals surface area contributed by atoms with Crippen molar-refractivity contribution in [3.05, 3.63) is 59.5 Å². The summed E-state index contributed by atoms with van der Waals surface area (Å²) in [6.07, 6.45) is 6.99. The first-order chi connectivity index (χ1) is 13.7. The summed E-state index contributed by atoms with van der Waals surface area (Å²) in [7, 11) is 2.08. The lowest BCUT2D eigenvalue weighted by Gasteiger charge is -2.29. The van der Waals surface area contributed by atoms with Crippen molar-refractivity contribution >= 4 is 5.97 Å². The number of furan rings is 1. The predicted molar refractivity (Wildman–Crippen MR) is 111 cm³/mol. The number of rotatable bonds is 9. The first-order valence-electron chi connectivity index (χ1n) is 10.6. The minimum atomic E-state index is -0.174. The Labute approximate surface area is 168 Å². The molecule has 0 bridgehead atoms. The van der Waals surface area contributed by atoms with Crippen LogP contribution in [-0.2, 0) is 22.7 Å². The van der Waals surface area contributed by atoms with E-state index in [1.165, 1.54) is 19.3 Å². The molecular weight excluding hydrogens is 350 g/mol. The highest BCUT2D eigenvalue weighted by molar-refractivity contribution is 5.78. The summed E-state index contributed by atoms with van der Waals surface area (Å²) in [4.78, 5) is 15.2. The summed E-state index contributed by atoms with van der Waals surface area (Å²) in [6, 6.07) is 14.0. The van der Waals surface area contributed by atoms with Crippen LogP contribution in [0, 0.1) is 5.92 Å². The molecule has 1 saturated carbocycles. The molecule has 4 heteroatoms. The van der Waals surface area contributed by atoms with Crippen molar-refractivity contribution in [1.82, 2.24) is 4.90 Å². The number of ether oxygens (including phenoxy) is 1. The van der Waals surface area contributed by atoms with Gasteiger partial charge in [0.15, 0.2) is 0 Å². The van der Waals surface area contributed by atoms with Gasteiger partial charge in [-0.3, -0.25) is 9.69 Å². The molecule has 0 saturated heterocycles. The third-order valence-corrected chi connectivity index (χ3v) is 5.64. The molecule has 1 fully saturated rings. The van der Waals surface area contributed by atoms with Gasteiger partial charge in [-0.15, -0.1) is 0 Å². The third-order valence-electron chi connectivity index (χ3n) is 5.64. The number of hydrogen-bond donors (Lipinski definition) is 0. The summed E-state index contributed by atoms with van der Waals surface area (Å²) in [6.45, 7) is 4.17. The van der Waals surface area contributed by atoms with Crippen LogP contribution in [0.2, 0.25) is 0 Å². The quantitative estimate of drug-likeness (QED) is 0.534. The van der Waals surface area contributed by atoms with E-state index in [1.807, 2.05) is 30.3 Å². The van der Waals surface area contributed by atoms with Gasteiger partial charge in [0.2, 0.25) is 0 Å². The SMILES string of the molecule is CCCN(C)Cc1ccc(COC(=O)[C@@H](c2ccccc2)C2CCCCC2)o1. The Balaban J connectivity index is 1.61. The second-order valence-electron chi connectivity index (χ2n) is 8.00. The van der Waals surface area contributed by atoms with Gasteiger partial charge in [0.05, 0.1) is 12.5 Å². The van der Waals surface area contributed by atoms with Gasteiger partial charge in [-0.2, -0.15) is 0 Å². The fraction of sp³-hybridized carbons (Fsp3) is 0.542. The van der Waals surface area contributed by atoms with Gasteiger partial charge in [0.1, 0.15) is 18.1 Å². The van der Waals surface area contributed by atoms with E-state index < -0.39 is 0 Å². The van der Waals surface area contributed by atoms with Gasteiger partial charge in [-0.25, -0.2) is 0 Å². The van der Waals surface area contributed by atoms with E-state index in [4.69, 9.17) is 9.15 Å². The molecule has 1 aliphatic rings. The second kappa shape index (κ2) is 10.5. The largest absolute Gasteiger partial charge is 0.461 e. The van der Waals surface area contributed by atoms with Gasteiger partial charge in [-0.1, -0.05) is 56.5 Å². The zero-order valence-corrected chi connectivity index (χ0v) is 17.2. The minimum Gasteiger partial charge on any atom is -0.461 e. The summed E-state index contributed by atoms with van der Waals surface area (Å²) in [5.74, 6) is 1.70. The Bertz CT molecular complexity index is 718. The maximum absolute atomic E-state index is 13.0. The molecule has 0 unspecified atom stereocenters. The van der Waals surface area contributed by atoms with Crippen LogP contribution in [0.4, 0.5) is 0 Å². The van der Waals surface area contributed by atoms with E-state index in [9.17, 15) is 4.79 Å². The standard InChI is InChI=1S/C24H33NO3/c1-3-16-25(2)17-21-14-15-22(28-21)18-27-24(26)23(19-10-6-4-7-11-19)20-12-8-5-9-13-20/h4,6-7,10-11,14-15,20,23H,3,5,8-9,12-13,16-18H2,1-2H3/t23-/m0/s1. The molecule has 4 nitrogen and oxygen atoms in total. The fourth-order valence-electron chi connectivity index (χ4n) is 4.27. The van der Waals surface area contributed by atoms with Crippen molar-refractivity contribution in [3.63, 3.8) is 0 Å². The summed E-state index contributed by atoms with van der Waals surface area (Å²) in [5.41, 5.74) is 1.07. The smallest absolute Gasteiger partial charge is 0.314 e. The molecular formula is C24H33NO3. The Morgan fingerprint density at radius 2 is 1.82 bits per heavy atom. The normalized spacial score (nSPS) is 16.2. The van der Waals surface area contributed by atoms with E-state index in [2.05, 4.69) is 31.0 Å². The number of esters is 1. The van der Waals surface area contributed by atoms with Crippen LogP contribution in [0.15, 0.2) is 46.9 Å². The van der Waals surface area contributed by atoms with Crippen LogP contribution in [0.25, 0.3) is 0 Å². The highest BCUT2D eigenvalue weighted by atomic mass is 16.5. The van der Waals surface area contributed by atoms with Gasteiger partial charge in [0, 0.05) is 0 Å². The van der Waals surface area contributed by atoms with Gasteiger partial charge >= 0.3 is 5.97 Å². The van der Waals surface area contributed by atoms with E-state index in [1.54, 1.807) is 0 Å². The number of nitrogens with zero attached hydrogens (tertiary/aromatic N) is 1. The van der Waals surface area contributed by atoms with Crippen molar-refractivity contribution in [2.75, 3.05) is 13.6 Å². The fourth-order valence-corrected chi connectivity index (χ4v) is 4.27. The highest BCUT2D eigenvalue weighted by Crippen LogP contribution is 2.37. The summed E-state index contributed by atoms with van der Waals surface area (Å²) < 4.78 is 11.6. The monoisotopic (exact) mass is 383 g/mol. The van der Waals surface area contributed by atoms with Crippen LogP contribution in [0.3, 0.4) is 0 Å².